The van der Waals surface area contributed by atoms with Crippen LogP contribution in [0.25, 0.3) is 11.0 Å². The zero-order valence-electron chi connectivity index (χ0n) is 12.9. The van der Waals surface area contributed by atoms with Crippen molar-refractivity contribution >= 4 is 16.9 Å². The Kier molecular flexibility index (Phi) is 4.28. The molecule has 2 N–H and O–H groups in total. The number of aromatic hydroxyl groups is 1. The van der Waals surface area contributed by atoms with Crippen LogP contribution in [0.1, 0.15) is 16.8 Å². The lowest BCUT2D eigenvalue weighted by Crippen LogP contribution is -2.27. The first kappa shape index (κ1) is 15.1. The van der Waals surface area contributed by atoms with Crippen LogP contribution in [-0.2, 0) is 17.6 Å². The topological polar surface area (TPSA) is 75.4 Å². The first-order chi connectivity index (χ1) is 11.1. The van der Waals surface area contributed by atoms with E-state index in [2.05, 4.69) is 10.5 Å². The number of aryl methyl sites for hydroxylation is 1. The van der Waals surface area contributed by atoms with Crippen molar-refractivity contribution in [3.05, 3.63) is 59.3 Å². The van der Waals surface area contributed by atoms with Gasteiger partial charge in [-0.3, -0.25) is 4.79 Å². The zero-order chi connectivity index (χ0) is 16.2. The van der Waals surface area contributed by atoms with E-state index in [0.29, 0.717) is 24.2 Å². The highest BCUT2D eigenvalue weighted by Crippen LogP contribution is 2.20. The van der Waals surface area contributed by atoms with E-state index in [9.17, 15) is 9.90 Å². The molecule has 0 atom stereocenters. The highest BCUT2D eigenvalue weighted by Gasteiger charge is 2.12. The van der Waals surface area contributed by atoms with Crippen molar-refractivity contribution in [2.24, 2.45) is 0 Å². The van der Waals surface area contributed by atoms with Gasteiger partial charge in [0.25, 0.3) is 0 Å². The van der Waals surface area contributed by atoms with Gasteiger partial charge >= 0.3 is 0 Å². The molecule has 2 aromatic carbocycles. The van der Waals surface area contributed by atoms with E-state index in [4.69, 9.17) is 4.52 Å². The molecule has 1 heterocycles. The predicted molar refractivity (Wildman–Crippen MR) is 87.3 cm³/mol. The van der Waals surface area contributed by atoms with Crippen LogP contribution in [0.4, 0.5) is 0 Å². The third-order valence-corrected chi connectivity index (χ3v) is 3.70. The second kappa shape index (κ2) is 6.52. The van der Waals surface area contributed by atoms with Gasteiger partial charge in [0.05, 0.1) is 6.42 Å². The Hall–Kier alpha value is -2.82. The zero-order valence-corrected chi connectivity index (χ0v) is 12.9. The Morgan fingerprint density at radius 3 is 2.78 bits per heavy atom. The summed E-state index contributed by atoms with van der Waals surface area (Å²) < 4.78 is 5.24. The molecule has 118 valence electrons. The van der Waals surface area contributed by atoms with Gasteiger partial charge in [-0.15, -0.1) is 0 Å². The molecule has 23 heavy (non-hydrogen) atoms. The lowest BCUT2D eigenvalue weighted by atomic mass is 10.1. The molecule has 0 aliphatic heterocycles. The summed E-state index contributed by atoms with van der Waals surface area (Å²) in [6, 6.07) is 12.8. The SMILES string of the molecule is Cc1ccc2onc(CC(=O)NCCc3ccc(O)cc3)c2c1. The smallest absolute Gasteiger partial charge is 0.226 e. The number of carbonyl (C=O) groups is 1. The minimum absolute atomic E-state index is 0.0829. The molecule has 0 unspecified atom stereocenters. The molecule has 0 spiro atoms. The number of fused-ring (bicyclic) bond motifs is 1. The molecule has 0 fully saturated rings. The molecular weight excluding hydrogens is 292 g/mol. The van der Waals surface area contributed by atoms with E-state index in [1.54, 1.807) is 12.1 Å². The summed E-state index contributed by atoms with van der Waals surface area (Å²) >= 11 is 0. The molecule has 3 rings (SSSR count). The molecule has 0 saturated carbocycles. The first-order valence-electron chi connectivity index (χ1n) is 7.51. The number of rotatable bonds is 5. The average molecular weight is 310 g/mol. The molecule has 0 aliphatic carbocycles. The van der Waals surface area contributed by atoms with Crippen LogP contribution in [0.2, 0.25) is 0 Å². The number of amides is 1. The summed E-state index contributed by atoms with van der Waals surface area (Å²) in [4.78, 5) is 12.1. The monoisotopic (exact) mass is 310 g/mol. The average Bonchev–Trinajstić information content (AvgIpc) is 2.91. The fraction of sp³-hybridized carbons (Fsp3) is 0.222. The number of benzene rings is 2. The lowest BCUT2D eigenvalue weighted by molar-refractivity contribution is -0.120. The maximum Gasteiger partial charge on any atom is 0.226 e. The third-order valence-electron chi connectivity index (χ3n) is 3.70. The Morgan fingerprint density at radius 2 is 2.00 bits per heavy atom. The fourth-order valence-corrected chi connectivity index (χ4v) is 2.45. The summed E-state index contributed by atoms with van der Waals surface area (Å²) in [7, 11) is 0. The summed E-state index contributed by atoms with van der Waals surface area (Å²) in [5, 5.41) is 17.0. The van der Waals surface area contributed by atoms with Crippen molar-refractivity contribution in [2.45, 2.75) is 19.8 Å². The molecule has 0 saturated heterocycles. The van der Waals surface area contributed by atoms with Gasteiger partial charge in [0.15, 0.2) is 5.58 Å². The van der Waals surface area contributed by atoms with E-state index in [1.165, 1.54) is 0 Å². The summed E-state index contributed by atoms with van der Waals surface area (Å²) in [5.41, 5.74) is 3.52. The van der Waals surface area contributed by atoms with Crippen LogP contribution < -0.4 is 5.32 Å². The van der Waals surface area contributed by atoms with E-state index in [-0.39, 0.29) is 18.1 Å². The van der Waals surface area contributed by atoms with Crippen LogP contribution >= 0.6 is 0 Å². The van der Waals surface area contributed by atoms with Crippen LogP contribution in [0.3, 0.4) is 0 Å². The van der Waals surface area contributed by atoms with Gasteiger partial charge in [-0.25, -0.2) is 0 Å². The molecule has 3 aromatic rings. The Balaban J connectivity index is 1.56. The first-order valence-corrected chi connectivity index (χ1v) is 7.51. The molecule has 5 nitrogen and oxygen atoms in total. The van der Waals surface area contributed by atoms with Gasteiger partial charge in [0, 0.05) is 11.9 Å². The van der Waals surface area contributed by atoms with Crippen LogP contribution in [-0.4, -0.2) is 22.7 Å². The van der Waals surface area contributed by atoms with Crippen molar-refractivity contribution in [2.75, 3.05) is 6.54 Å². The normalized spacial score (nSPS) is 10.8. The number of nitrogens with one attached hydrogen (secondary N) is 1. The van der Waals surface area contributed by atoms with E-state index in [1.807, 2.05) is 37.3 Å². The van der Waals surface area contributed by atoms with E-state index >= 15 is 0 Å². The van der Waals surface area contributed by atoms with Gasteiger partial charge in [0.2, 0.25) is 5.91 Å². The third kappa shape index (κ3) is 3.69. The van der Waals surface area contributed by atoms with Crippen molar-refractivity contribution in [3.8, 4) is 5.75 Å². The molecule has 1 amide bonds. The molecule has 0 radical (unpaired) electrons. The van der Waals surface area contributed by atoms with Crippen molar-refractivity contribution in [1.82, 2.24) is 10.5 Å². The number of hydrogen-bond donors (Lipinski definition) is 2. The number of hydrogen-bond acceptors (Lipinski definition) is 4. The van der Waals surface area contributed by atoms with E-state index < -0.39 is 0 Å². The second-order valence-corrected chi connectivity index (χ2v) is 5.57. The van der Waals surface area contributed by atoms with Crippen molar-refractivity contribution in [3.63, 3.8) is 0 Å². The predicted octanol–water partition coefficient (Wildman–Crippen LogP) is 2.74. The minimum atomic E-state index is -0.0829. The molecule has 1 aromatic heterocycles. The number of phenols is 1. The van der Waals surface area contributed by atoms with Crippen molar-refractivity contribution < 1.29 is 14.4 Å². The largest absolute Gasteiger partial charge is 0.508 e. The van der Waals surface area contributed by atoms with Crippen LogP contribution in [0.15, 0.2) is 47.0 Å². The number of phenolic OH excluding ortho intramolecular Hbond substituents is 1. The van der Waals surface area contributed by atoms with Gasteiger partial charge < -0.3 is 14.9 Å². The summed E-state index contributed by atoms with van der Waals surface area (Å²) in [6.45, 7) is 2.53. The number of nitrogens with zero attached hydrogens (tertiary/aromatic N) is 1. The van der Waals surface area contributed by atoms with Crippen molar-refractivity contribution in [1.29, 1.82) is 0 Å². The summed E-state index contributed by atoms with van der Waals surface area (Å²) in [5.74, 6) is 0.159. The highest BCUT2D eigenvalue weighted by atomic mass is 16.5. The van der Waals surface area contributed by atoms with Crippen LogP contribution in [0.5, 0.6) is 5.75 Å². The Labute approximate surface area is 133 Å². The quantitative estimate of drug-likeness (QED) is 0.760. The van der Waals surface area contributed by atoms with Gasteiger partial charge in [-0.05, 0) is 43.2 Å². The standard InChI is InChI=1S/C18H18N2O3/c1-12-2-7-17-15(10-12)16(20-23-17)11-18(22)19-9-8-13-3-5-14(21)6-4-13/h2-7,10,21H,8-9,11H2,1H3,(H,19,22). The minimum Gasteiger partial charge on any atom is -0.508 e. The molecular formula is C18H18N2O3. The lowest BCUT2D eigenvalue weighted by Gasteiger charge is -2.04. The second-order valence-electron chi connectivity index (χ2n) is 5.57. The van der Waals surface area contributed by atoms with Gasteiger partial charge in [0.1, 0.15) is 11.4 Å². The Morgan fingerprint density at radius 1 is 1.22 bits per heavy atom. The fourth-order valence-electron chi connectivity index (χ4n) is 2.45. The Bertz CT molecular complexity index is 822. The molecule has 0 aliphatic rings. The van der Waals surface area contributed by atoms with Gasteiger partial charge in [-0.1, -0.05) is 28.9 Å². The van der Waals surface area contributed by atoms with E-state index in [0.717, 1.165) is 16.5 Å². The number of carbonyl (C=O) groups excluding carboxylic acids is 1. The molecule has 0 bridgehead atoms. The molecule has 5 heteroatoms. The summed E-state index contributed by atoms with van der Waals surface area (Å²) in [6.07, 6.45) is 0.913. The highest BCUT2D eigenvalue weighted by molar-refractivity contribution is 5.86. The van der Waals surface area contributed by atoms with Crippen LogP contribution in [0, 0.1) is 6.92 Å². The van der Waals surface area contributed by atoms with Gasteiger partial charge in [-0.2, -0.15) is 0 Å². The maximum absolute atomic E-state index is 12.1. The number of aromatic nitrogens is 1. The maximum atomic E-state index is 12.1.